The molecular formula is C27H15Cl3F2N2O4. The lowest BCUT2D eigenvalue weighted by Crippen LogP contribution is -2.35. The van der Waals surface area contributed by atoms with E-state index in [2.05, 4.69) is 5.32 Å². The zero-order chi connectivity index (χ0) is 27.4. The molecule has 0 aliphatic carbocycles. The van der Waals surface area contributed by atoms with E-state index in [0.717, 1.165) is 18.2 Å². The number of amides is 3. The number of anilines is 1. The summed E-state index contributed by atoms with van der Waals surface area (Å²) in [5.41, 5.74) is -0.139. The molecule has 6 nitrogen and oxygen atoms in total. The first-order valence-corrected chi connectivity index (χ1v) is 11.9. The monoisotopic (exact) mass is 574 g/mol. The summed E-state index contributed by atoms with van der Waals surface area (Å²) in [5, 5.41) is 4.87. The molecule has 0 aromatic heterocycles. The lowest BCUT2D eigenvalue weighted by molar-refractivity contribution is 0.0958. The van der Waals surface area contributed by atoms with Gasteiger partial charge in [-0.25, -0.2) is 13.6 Å². The third kappa shape index (κ3) is 6.28. The molecule has 11 heteroatoms. The molecule has 0 bridgehead atoms. The van der Waals surface area contributed by atoms with Crippen molar-refractivity contribution in [1.29, 1.82) is 0 Å². The minimum atomic E-state index is -1.23. The summed E-state index contributed by atoms with van der Waals surface area (Å²) in [5.74, 6) is -3.22. The van der Waals surface area contributed by atoms with Crippen LogP contribution in [-0.4, -0.2) is 17.7 Å². The van der Waals surface area contributed by atoms with Crippen LogP contribution >= 0.6 is 34.8 Å². The molecule has 4 rings (SSSR count). The predicted octanol–water partition coefficient (Wildman–Crippen LogP) is 7.91. The molecule has 0 saturated heterocycles. The van der Waals surface area contributed by atoms with Gasteiger partial charge in [0.05, 0.1) is 15.6 Å². The zero-order valence-corrected chi connectivity index (χ0v) is 21.3. The maximum Gasteiger partial charge on any atom is 0.326 e. The Bertz CT molecular complexity index is 1500. The molecule has 0 heterocycles. The van der Waals surface area contributed by atoms with E-state index in [9.17, 15) is 23.2 Å². The molecule has 0 saturated carbocycles. The minimum absolute atomic E-state index is 0.0818. The summed E-state index contributed by atoms with van der Waals surface area (Å²) >= 11 is 18.5. The summed E-state index contributed by atoms with van der Waals surface area (Å²) < 4.78 is 33.2. The van der Waals surface area contributed by atoms with Gasteiger partial charge in [-0.3, -0.25) is 14.9 Å². The van der Waals surface area contributed by atoms with Gasteiger partial charge in [-0.15, -0.1) is 0 Å². The van der Waals surface area contributed by atoms with Crippen molar-refractivity contribution in [1.82, 2.24) is 5.32 Å². The second kappa shape index (κ2) is 11.6. The third-order valence-electron chi connectivity index (χ3n) is 5.11. The molecule has 0 atom stereocenters. The maximum absolute atomic E-state index is 13.7. The number of ether oxygens (including phenoxy) is 1. The fourth-order valence-corrected chi connectivity index (χ4v) is 4.12. The van der Waals surface area contributed by atoms with Gasteiger partial charge in [-0.2, -0.15) is 0 Å². The first-order valence-electron chi connectivity index (χ1n) is 10.8. The van der Waals surface area contributed by atoms with Crippen molar-refractivity contribution in [3.8, 4) is 11.5 Å². The number of urea groups is 1. The second-order valence-corrected chi connectivity index (χ2v) is 8.98. The molecule has 0 fully saturated rings. The van der Waals surface area contributed by atoms with Crippen molar-refractivity contribution in [2.75, 3.05) is 5.32 Å². The largest absolute Gasteiger partial charge is 0.457 e. The number of rotatable bonds is 6. The molecule has 0 aliphatic heterocycles. The fraction of sp³-hybridized carbons (Fsp3) is 0. The van der Waals surface area contributed by atoms with Crippen molar-refractivity contribution < 1.29 is 27.9 Å². The number of carbonyl (C=O) groups is 3. The Morgan fingerprint density at radius 1 is 0.711 bits per heavy atom. The molecule has 192 valence electrons. The maximum atomic E-state index is 13.7. The van der Waals surface area contributed by atoms with Gasteiger partial charge in [0, 0.05) is 28.4 Å². The molecule has 0 aliphatic rings. The number of nitrogens with one attached hydrogen (secondary N) is 2. The summed E-state index contributed by atoms with van der Waals surface area (Å²) in [4.78, 5) is 37.0. The van der Waals surface area contributed by atoms with E-state index in [0.29, 0.717) is 16.3 Å². The Morgan fingerprint density at radius 3 is 1.87 bits per heavy atom. The fourth-order valence-electron chi connectivity index (χ4n) is 3.36. The number of halogens is 5. The highest BCUT2D eigenvalue weighted by molar-refractivity contribution is 6.41. The average Bonchev–Trinajstić information content (AvgIpc) is 2.85. The van der Waals surface area contributed by atoms with Crippen LogP contribution < -0.4 is 15.4 Å². The van der Waals surface area contributed by atoms with Gasteiger partial charge in [-0.1, -0.05) is 40.9 Å². The van der Waals surface area contributed by atoms with Crippen LogP contribution in [0.25, 0.3) is 0 Å². The quantitative estimate of drug-likeness (QED) is 0.229. The summed E-state index contributed by atoms with van der Waals surface area (Å²) in [7, 11) is 0. The van der Waals surface area contributed by atoms with Crippen molar-refractivity contribution in [3.63, 3.8) is 0 Å². The highest BCUT2D eigenvalue weighted by atomic mass is 35.5. The number of benzene rings is 4. The van der Waals surface area contributed by atoms with Crippen LogP contribution in [0, 0.1) is 11.6 Å². The molecule has 2 N–H and O–H groups in total. The molecule has 0 spiro atoms. The van der Waals surface area contributed by atoms with E-state index < -0.39 is 29.1 Å². The van der Waals surface area contributed by atoms with Crippen LogP contribution in [0.4, 0.5) is 19.3 Å². The van der Waals surface area contributed by atoms with Crippen molar-refractivity contribution in [2.45, 2.75) is 0 Å². The first-order chi connectivity index (χ1) is 18.1. The molecule has 38 heavy (non-hydrogen) atoms. The van der Waals surface area contributed by atoms with Gasteiger partial charge in [0.15, 0.2) is 5.78 Å². The third-order valence-corrected chi connectivity index (χ3v) is 5.96. The van der Waals surface area contributed by atoms with Crippen LogP contribution in [0.15, 0.2) is 78.9 Å². The number of hydrogen-bond acceptors (Lipinski definition) is 4. The van der Waals surface area contributed by atoms with E-state index in [4.69, 9.17) is 39.5 Å². The van der Waals surface area contributed by atoms with Crippen molar-refractivity contribution in [3.05, 3.63) is 122 Å². The predicted molar refractivity (Wildman–Crippen MR) is 141 cm³/mol. The Kier molecular flexibility index (Phi) is 8.26. The lowest BCUT2D eigenvalue weighted by atomic mass is 10.0. The Morgan fingerprint density at radius 2 is 1.29 bits per heavy atom. The van der Waals surface area contributed by atoms with E-state index in [-0.39, 0.29) is 32.8 Å². The van der Waals surface area contributed by atoms with Gasteiger partial charge in [0.2, 0.25) is 0 Å². The minimum Gasteiger partial charge on any atom is -0.457 e. The molecule has 3 amide bonds. The van der Waals surface area contributed by atoms with E-state index in [1.165, 1.54) is 36.4 Å². The van der Waals surface area contributed by atoms with Gasteiger partial charge in [-0.05, 0) is 60.7 Å². The van der Waals surface area contributed by atoms with Gasteiger partial charge in [0.1, 0.15) is 28.7 Å². The SMILES string of the molecule is O=C(NC(=O)c1c(F)cccc1F)Nc1ccc(Oc2cc(Cl)c(C(=O)c3ccc(Cl)cc3)c(Cl)c2)cc1. The van der Waals surface area contributed by atoms with Crippen LogP contribution in [0.3, 0.4) is 0 Å². The van der Waals surface area contributed by atoms with Crippen LogP contribution in [0.2, 0.25) is 15.1 Å². The summed E-state index contributed by atoms with van der Waals surface area (Å²) in [6.45, 7) is 0. The summed E-state index contributed by atoms with van der Waals surface area (Å²) in [6, 6.07) is 17.0. The van der Waals surface area contributed by atoms with Crippen LogP contribution in [0.1, 0.15) is 26.3 Å². The smallest absolute Gasteiger partial charge is 0.326 e. The average molecular weight is 576 g/mol. The highest BCUT2D eigenvalue weighted by Gasteiger charge is 2.20. The first kappa shape index (κ1) is 27.1. The van der Waals surface area contributed by atoms with E-state index in [1.807, 2.05) is 5.32 Å². The Labute approximate surface area is 230 Å². The van der Waals surface area contributed by atoms with E-state index >= 15 is 0 Å². The van der Waals surface area contributed by atoms with Gasteiger partial charge < -0.3 is 10.1 Å². The Hall–Kier alpha value is -3.98. The van der Waals surface area contributed by atoms with Gasteiger partial charge in [0.25, 0.3) is 5.91 Å². The number of ketones is 1. The Balaban J connectivity index is 1.41. The van der Waals surface area contributed by atoms with E-state index in [1.54, 1.807) is 24.3 Å². The molecule has 4 aromatic carbocycles. The van der Waals surface area contributed by atoms with Crippen LogP contribution in [0.5, 0.6) is 11.5 Å². The zero-order valence-electron chi connectivity index (χ0n) is 19.0. The number of carbonyl (C=O) groups excluding carboxylic acids is 3. The lowest BCUT2D eigenvalue weighted by Gasteiger charge is -2.12. The molecule has 0 radical (unpaired) electrons. The van der Waals surface area contributed by atoms with Crippen molar-refractivity contribution in [2.24, 2.45) is 0 Å². The number of imide groups is 1. The second-order valence-electron chi connectivity index (χ2n) is 7.73. The molecular weight excluding hydrogens is 561 g/mol. The van der Waals surface area contributed by atoms with Gasteiger partial charge >= 0.3 is 6.03 Å². The molecule has 4 aromatic rings. The topological polar surface area (TPSA) is 84.5 Å². The number of hydrogen-bond donors (Lipinski definition) is 2. The highest BCUT2D eigenvalue weighted by Crippen LogP contribution is 2.34. The van der Waals surface area contributed by atoms with Crippen molar-refractivity contribution >= 4 is 58.2 Å². The van der Waals surface area contributed by atoms with Crippen LogP contribution in [-0.2, 0) is 0 Å². The summed E-state index contributed by atoms with van der Waals surface area (Å²) in [6.07, 6.45) is 0. The molecule has 0 unspecified atom stereocenters. The standard InChI is InChI=1S/C27H15Cl3F2N2O4/c28-15-6-4-14(5-7-15)25(35)23-19(29)12-18(13-20(23)30)38-17-10-8-16(9-11-17)33-27(37)34-26(36)24-21(31)2-1-3-22(24)32/h1-13H,(H2,33,34,36,37). The normalized spacial score (nSPS) is 10.6.